The molecule has 4 heteroatoms. The molecule has 4 rings (SSSR count). The average Bonchev–Trinajstić information content (AvgIpc) is 2.65. The molecule has 3 aromatic rings. The van der Waals surface area contributed by atoms with E-state index in [1.807, 2.05) is 83.8 Å². The van der Waals surface area contributed by atoms with Crippen LogP contribution in [0.3, 0.4) is 0 Å². The molecule has 3 nitrogen and oxygen atoms in total. The summed E-state index contributed by atoms with van der Waals surface area (Å²) >= 11 is 6.03. The predicted octanol–water partition coefficient (Wildman–Crippen LogP) is 5.11. The fourth-order valence-corrected chi connectivity index (χ4v) is 3.27. The molecule has 3 aromatic carbocycles. The Labute approximate surface area is 151 Å². The smallest absolute Gasteiger partial charge is 0.258 e. The van der Waals surface area contributed by atoms with E-state index in [4.69, 9.17) is 11.6 Å². The zero-order valence-electron chi connectivity index (χ0n) is 13.5. The molecule has 0 saturated heterocycles. The largest absolute Gasteiger partial charge is 0.361 e. The summed E-state index contributed by atoms with van der Waals surface area (Å²) in [5.41, 5.74) is 3.65. The summed E-state index contributed by atoms with van der Waals surface area (Å²) in [6.07, 6.45) is -0.236. The van der Waals surface area contributed by atoms with E-state index in [9.17, 15) is 4.79 Å². The molecule has 0 spiro atoms. The number of benzene rings is 3. The zero-order valence-corrected chi connectivity index (χ0v) is 14.3. The molecule has 25 heavy (non-hydrogen) atoms. The highest BCUT2D eigenvalue weighted by Gasteiger charge is 2.32. The molecular weight excluding hydrogens is 332 g/mol. The Kier molecular flexibility index (Phi) is 4.16. The SMILES string of the molecule is O=C1c2ccccc2N[C@H](c2ccc(Cl)cc2)N1Cc1ccccc1. The number of carbonyl (C=O) groups is 1. The Hall–Kier alpha value is -2.78. The van der Waals surface area contributed by atoms with E-state index in [0.29, 0.717) is 17.1 Å². The lowest BCUT2D eigenvalue weighted by atomic mass is 10.0. The van der Waals surface area contributed by atoms with E-state index >= 15 is 0 Å². The van der Waals surface area contributed by atoms with E-state index in [0.717, 1.165) is 16.8 Å². The first-order valence-corrected chi connectivity index (χ1v) is 8.56. The second-order valence-corrected chi connectivity index (χ2v) is 6.50. The van der Waals surface area contributed by atoms with Crippen LogP contribution in [-0.2, 0) is 6.54 Å². The second-order valence-electron chi connectivity index (χ2n) is 6.06. The monoisotopic (exact) mass is 348 g/mol. The van der Waals surface area contributed by atoms with E-state index in [1.165, 1.54) is 0 Å². The zero-order chi connectivity index (χ0) is 17.2. The van der Waals surface area contributed by atoms with Crippen molar-refractivity contribution in [1.82, 2.24) is 4.90 Å². The van der Waals surface area contributed by atoms with E-state index in [2.05, 4.69) is 5.32 Å². The van der Waals surface area contributed by atoms with Crippen LogP contribution in [0.15, 0.2) is 78.9 Å². The van der Waals surface area contributed by atoms with Crippen LogP contribution >= 0.6 is 11.6 Å². The highest BCUT2D eigenvalue weighted by molar-refractivity contribution is 6.30. The van der Waals surface area contributed by atoms with Gasteiger partial charge < -0.3 is 10.2 Å². The highest BCUT2D eigenvalue weighted by atomic mass is 35.5. The molecule has 1 atom stereocenters. The molecule has 1 N–H and O–H groups in total. The Morgan fingerprint density at radius 2 is 1.56 bits per heavy atom. The minimum atomic E-state index is -0.236. The normalized spacial score (nSPS) is 16.3. The summed E-state index contributed by atoms with van der Waals surface area (Å²) in [7, 11) is 0. The lowest BCUT2D eigenvalue weighted by Gasteiger charge is -2.38. The average molecular weight is 349 g/mol. The van der Waals surface area contributed by atoms with E-state index < -0.39 is 0 Å². The van der Waals surface area contributed by atoms with Gasteiger partial charge in [-0.2, -0.15) is 0 Å². The first-order valence-electron chi connectivity index (χ1n) is 8.18. The van der Waals surface area contributed by atoms with Crippen molar-refractivity contribution >= 4 is 23.2 Å². The summed E-state index contributed by atoms with van der Waals surface area (Å²) < 4.78 is 0. The molecular formula is C21H17ClN2O. The lowest BCUT2D eigenvalue weighted by molar-refractivity contribution is 0.0666. The molecule has 0 aliphatic carbocycles. The molecule has 0 bridgehead atoms. The first-order chi connectivity index (χ1) is 12.2. The number of carbonyl (C=O) groups excluding carboxylic acids is 1. The van der Waals surface area contributed by atoms with Crippen molar-refractivity contribution < 1.29 is 4.79 Å². The molecule has 0 unspecified atom stereocenters. The van der Waals surface area contributed by atoms with Crippen molar-refractivity contribution in [1.29, 1.82) is 0 Å². The van der Waals surface area contributed by atoms with Crippen LogP contribution in [0.4, 0.5) is 5.69 Å². The van der Waals surface area contributed by atoms with Crippen LogP contribution in [0, 0.1) is 0 Å². The number of halogens is 1. The first kappa shape index (κ1) is 15.7. The number of fused-ring (bicyclic) bond motifs is 1. The van der Waals surface area contributed by atoms with Gasteiger partial charge in [-0.05, 0) is 35.4 Å². The summed E-state index contributed by atoms with van der Waals surface area (Å²) in [6.45, 7) is 0.536. The number of anilines is 1. The van der Waals surface area contributed by atoms with E-state index in [-0.39, 0.29) is 12.1 Å². The van der Waals surface area contributed by atoms with Crippen LogP contribution in [0.1, 0.15) is 27.7 Å². The third-order valence-corrected chi connectivity index (χ3v) is 4.66. The summed E-state index contributed by atoms with van der Waals surface area (Å²) in [6, 6.07) is 25.3. The molecule has 1 heterocycles. The number of rotatable bonds is 3. The Balaban J connectivity index is 1.75. The Morgan fingerprint density at radius 3 is 2.32 bits per heavy atom. The molecule has 124 valence electrons. The molecule has 1 amide bonds. The van der Waals surface area contributed by atoms with Gasteiger partial charge in [0.15, 0.2) is 0 Å². The second kappa shape index (κ2) is 6.61. The Bertz CT molecular complexity index is 893. The third-order valence-electron chi connectivity index (χ3n) is 4.40. The number of nitrogens with zero attached hydrogens (tertiary/aromatic N) is 1. The highest BCUT2D eigenvalue weighted by Crippen LogP contribution is 2.34. The predicted molar refractivity (Wildman–Crippen MR) is 101 cm³/mol. The van der Waals surface area contributed by atoms with Crippen molar-refractivity contribution in [3.8, 4) is 0 Å². The number of hydrogen-bond donors (Lipinski definition) is 1. The molecule has 0 fully saturated rings. The van der Waals surface area contributed by atoms with Gasteiger partial charge in [0.05, 0.1) is 5.56 Å². The summed E-state index contributed by atoms with van der Waals surface area (Å²) in [5.74, 6) is 0.0261. The standard InChI is InChI=1S/C21H17ClN2O/c22-17-12-10-16(11-13-17)20-23-19-9-5-4-8-18(19)21(25)24(20)14-15-6-2-1-3-7-15/h1-13,20,23H,14H2/t20-/m0/s1. The minimum Gasteiger partial charge on any atom is -0.361 e. The van der Waals surface area contributed by atoms with Crippen LogP contribution in [0.2, 0.25) is 5.02 Å². The number of hydrogen-bond acceptors (Lipinski definition) is 2. The van der Waals surface area contributed by atoms with Crippen molar-refractivity contribution in [3.63, 3.8) is 0 Å². The van der Waals surface area contributed by atoms with E-state index in [1.54, 1.807) is 0 Å². The third kappa shape index (κ3) is 3.11. The van der Waals surface area contributed by atoms with Crippen LogP contribution in [0.5, 0.6) is 0 Å². The summed E-state index contributed by atoms with van der Waals surface area (Å²) in [5, 5.41) is 4.18. The molecule has 0 radical (unpaired) electrons. The van der Waals surface area contributed by atoms with Gasteiger partial charge in [0.2, 0.25) is 0 Å². The van der Waals surface area contributed by atoms with Crippen LogP contribution < -0.4 is 5.32 Å². The van der Waals surface area contributed by atoms with Gasteiger partial charge >= 0.3 is 0 Å². The Morgan fingerprint density at radius 1 is 0.880 bits per heavy atom. The lowest BCUT2D eigenvalue weighted by Crippen LogP contribution is -2.42. The molecule has 1 aliphatic heterocycles. The van der Waals surface area contributed by atoms with Crippen molar-refractivity contribution in [3.05, 3.63) is 101 Å². The maximum absolute atomic E-state index is 13.1. The van der Waals surface area contributed by atoms with Gasteiger partial charge in [-0.1, -0.05) is 66.2 Å². The van der Waals surface area contributed by atoms with Gasteiger partial charge in [-0.25, -0.2) is 0 Å². The fourth-order valence-electron chi connectivity index (χ4n) is 3.14. The van der Waals surface area contributed by atoms with Crippen LogP contribution in [0.25, 0.3) is 0 Å². The topological polar surface area (TPSA) is 32.3 Å². The molecule has 0 aromatic heterocycles. The van der Waals surface area contributed by atoms with Gasteiger partial charge in [-0.3, -0.25) is 4.79 Å². The maximum Gasteiger partial charge on any atom is 0.258 e. The number of para-hydroxylation sites is 1. The number of amides is 1. The minimum absolute atomic E-state index is 0.0261. The number of nitrogens with one attached hydrogen (secondary N) is 1. The molecule has 1 aliphatic rings. The van der Waals surface area contributed by atoms with Crippen molar-refractivity contribution in [2.45, 2.75) is 12.7 Å². The van der Waals surface area contributed by atoms with Gasteiger partial charge in [0.1, 0.15) is 6.17 Å². The van der Waals surface area contributed by atoms with Gasteiger partial charge in [0, 0.05) is 17.3 Å². The van der Waals surface area contributed by atoms with Crippen LogP contribution in [-0.4, -0.2) is 10.8 Å². The van der Waals surface area contributed by atoms with Crippen molar-refractivity contribution in [2.24, 2.45) is 0 Å². The maximum atomic E-state index is 13.1. The van der Waals surface area contributed by atoms with Gasteiger partial charge in [-0.15, -0.1) is 0 Å². The fraction of sp³-hybridized carbons (Fsp3) is 0.0952. The van der Waals surface area contributed by atoms with Gasteiger partial charge in [0.25, 0.3) is 5.91 Å². The summed E-state index contributed by atoms with van der Waals surface area (Å²) in [4.78, 5) is 15.0. The molecule has 0 saturated carbocycles. The quantitative estimate of drug-likeness (QED) is 0.713. The van der Waals surface area contributed by atoms with Crippen molar-refractivity contribution in [2.75, 3.05) is 5.32 Å².